The second-order valence-electron chi connectivity index (χ2n) is 3.32. The fraction of sp³-hybridized carbons (Fsp3) is 0.364. The lowest BCUT2D eigenvalue weighted by atomic mass is 10.2. The number of hydrogen-bond donors (Lipinski definition) is 3. The number of phenols is 2. The van der Waals surface area contributed by atoms with Gasteiger partial charge in [0.25, 0.3) is 0 Å². The van der Waals surface area contributed by atoms with Gasteiger partial charge in [0.05, 0.1) is 0 Å². The topological polar surface area (TPSA) is 69.6 Å². The van der Waals surface area contributed by atoms with Crippen molar-refractivity contribution in [2.75, 3.05) is 5.32 Å². The number of hydrogen-bond acceptors (Lipinski definition) is 3. The van der Waals surface area contributed by atoms with Crippen LogP contribution in [0.3, 0.4) is 0 Å². The summed E-state index contributed by atoms with van der Waals surface area (Å²) in [5.74, 6) is -0.451. The maximum Gasteiger partial charge on any atom is 0.224 e. The van der Waals surface area contributed by atoms with Crippen molar-refractivity contribution in [3.63, 3.8) is 0 Å². The van der Waals surface area contributed by atoms with E-state index in [-0.39, 0.29) is 23.1 Å². The molecule has 0 aliphatic rings. The molecule has 0 radical (unpaired) electrons. The quantitative estimate of drug-likeness (QED) is 0.666. The molecule has 0 heterocycles. The maximum absolute atomic E-state index is 11.3. The Morgan fingerprint density at radius 2 is 1.93 bits per heavy atom. The molecule has 4 nitrogen and oxygen atoms in total. The highest BCUT2D eigenvalue weighted by Gasteiger charge is 2.09. The molecule has 4 heteroatoms. The number of amides is 1. The van der Waals surface area contributed by atoms with E-state index in [1.165, 1.54) is 18.2 Å². The molecular formula is C11H15NO3. The summed E-state index contributed by atoms with van der Waals surface area (Å²) in [5, 5.41) is 21.3. The van der Waals surface area contributed by atoms with Crippen molar-refractivity contribution in [1.82, 2.24) is 0 Å². The van der Waals surface area contributed by atoms with Gasteiger partial charge in [-0.15, -0.1) is 0 Å². The van der Waals surface area contributed by atoms with Crippen LogP contribution < -0.4 is 5.32 Å². The number of anilines is 1. The van der Waals surface area contributed by atoms with Crippen LogP contribution in [0.4, 0.5) is 5.69 Å². The Bertz CT molecular complexity index is 329. The minimum atomic E-state index is -0.200. The molecule has 0 fully saturated rings. The van der Waals surface area contributed by atoms with E-state index >= 15 is 0 Å². The Morgan fingerprint density at radius 3 is 2.47 bits per heavy atom. The molecule has 0 atom stereocenters. The van der Waals surface area contributed by atoms with Crippen LogP contribution >= 0.6 is 0 Å². The van der Waals surface area contributed by atoms with Crippen LogP contribution in [-0.4, -0.2) is 16.1 Å². The minimum Gasteiger partial charge on any atom is -0.506 e. The largest absolute Gasteiger partial charge is 0.506 e. The summed E-state index contributed by atoms with van der Waals surface area (Å²) in [5.41, 5.74) is 0.0820. The van der Waals surface area contributed by atoms with Gasteiger partial charge in [0.15, 0.2) is 0 Å². The molecule has 1 aromatic rings. The summed E-state index contributed by atoms with van der Waals surface area (Å²) in [6.45, 7) is 1.99. The van der Waals surface area contributed by atoms with E-state index in [0.29, 0.717) is 6.42 Å². The van der Waals surface area contributed by atoms with Gasteiger partial charge in [-0.1, -0.05) is 19.4 Å². The zero-order valence-electron chi connectivity index (χ0n) is 8.66. The van der Waals surface area contributed by atoms with E-state index in [4.69, 9.17) is 0 Å². The third-order valence-electron chi connectivity index (χ3n) is 2.04. The van der Waals surface area contributed by atoms with E-state index in [1.807, 2.05) is 6.92 Å². The third kappa shape index (κ3) is 3.16. The van der Waals surface area contributed by atoms with E-state index in [9.17, 15) is 15.0 Å². The lowest BCUT2D eigenvalue weighted by Gasteiger charge is -2.08. The smallest absolute Gasteiger partial charge is 0.224 e. The molecule has 82 valence electrons. The highest BCUT2D eigenvalue weighted by molar-refractivity contribution is 5.93. The van der Waals surface area contributed by atoms with Crippen LogP contribution in [0.25, 0.3) is 0 Å². The number of carbonyl (C=O) groups is 1. The molecule has 1 amide bonds. The van der Waals surface area contributed by atoms with Gasteiger partial charge in [0.1, 0.15) is 17.2 Å². The summed E-state index contributed by atoms with van der Waals surface area (Å²) < 4.78 is 0. The molecule has 3 N–H and O–H groups in total. The van der Waals surface area contributed by atoms with Crippen molar-refractivity contribution in [2.45, 2.75) is 26.2 Å². The Kier molecular flexibility index (Phi) is 3.97. The Balaban J connectivity index is 2.68. The van der Waals surface area contributed by atoms with Gasteiger partial charge in [-0.05, 0) is 18.6 Å². The lowest BCUT2D eigenvalue weighted by Crippen LogP contribution is -2.11. The molecule has 0 unspecified atom stereocenters. The van der Waals surface area contributed by atoms with Crippen molar-refractivity contribution in [3.8, 4) is 11.5 Å². The number of unbranched alkanes of at least 4 members (excludes halogenated alkanes) is 1. The lowest BCUT2D eigenvalue weighted by molar-refractivity contribution is -0.116. The predicted octanol–water partition coefficient (Wildman–Crippen LogP) is 2.23. The van der Waals surface area contributed by atoms with E-state index in [2.05, 4.69) is 5.32 Å². The van der Waals surface area contributed by atoms with Gasteiger partial charge >= 0.3 is 0 Å². The second-order valence-corrected chi connectivity index (χ2v) is 3.32. The van der Waals surface area contributed by atoms with Crippen LogP contribution in [0.5, 0.6) is 11.5 Å². The van der Waals surface area contributed by atoms with Gasteiger partial charge < -0.3 is 15.5 Å². The Labute approximate surface area is 88.6 Å². The van der Waals surface area contributed by atoms with Gasteiger partial charge in [-0.3, -0.25) is 4.79 Å². The molecule has 0 bridgehead atoms. The van der Waals surface area contributed by atoms with Gasteiger partial charge in [0.2, 0.25) is 5.91 Å². The van der Waals surface area contributed by atoms with Crippen molar-refractivity contribution >= 4 is 11.6 Å². The molecule has 0 aliphatic carbocycles. The first-order chi connectivity index (χ1) is 7.15. The maximum atomic E-state index is 11.3. The average molecular weight is 209 g/mol. The zero-order chi connectivity index (χ0) is 11.3. The van der Waals surface area contributed by atoms with Crippen LogP contribution in [0, 0.1) is 0 Å². The highest BCUT2D eigenvalue weighted by atomic mass is 16.3. The highest BCUT2D eigenvalue weighted by Crippen LogP contribution is 2.32. The second kappa shape index (κ2) is 5.24. The van der Waals surface area contributed by atoms with E-state index in [1.54, 1.807) is 0 Å². The zero-order valence-corrected chi connectivity index (χ0v) is 8.66. The number of nitrogens with one attached hydrogen (secondary N) is 1. The third-order valence-corrected chi connectivity index (χ3v) is 2.04. The standard InChI is InChI=1S/C11H15NO3/c1-2-3-7-10(15)12-11-8(13)5-4-6-9(11)14/h4-6,13-14H,2-3,7H2,1H3,(H,12,15). The number of benzene rings is 1. The summed E-state index contributed by atoms with van der Waals surface area (Å²) in [7, 11) is 0. The number of carbonyl (C=O) groups excluding carboxylic acids is 1. The first-order valence-corrected chi connectivity index (χ1v) is 4.96. The Morgan fingerprint density at radius 1 is 1.33 bits per heavy atom. The molecule has 0 aromatic heterocycles. The van der Waals surface area contributed by atoms with Crippen LogP contribution in [0.1, 0.15) is 26.2 Å². The average Bonchev–Trinajstić information content (AvgIpc) is 2.21. The fourth-order valence-corrected chi connectivity index (χ4v) is 1.20. The summed E-state index contributed by atoms with van der Waals surface area (Å²) in [6, 6.07) is 4.33. The van der Waals surface area contributed by atoms with Crippen molar-refractivity contribution in [3.05, 3.63) is 18.2 Å². The van der Waals surface area contributed by atoms with Gasteiger partial charge in [0, 0.05) is 6.42 Å². The van der Waals surface area contributed by atoms with Crippen LogP contribution in [0.15, 0.2) is 18.2 Å². The number of rotatable bonds is 4. The SMILES string of the molecule is CCCCC(=O)Nc1c(O)cccc1O. The summed E-state index contributed by atoms with van der Waals surface area (Å²) >= 11 is 0. The predicted molar refractivity (Wildman–Crippen MR) is 57.9 cm³/mol. The first-order valence-electron chi connectivity index (χ1n) is 4.96. The molecule has 0 aliphatic heterocycles. The molecule has 1 aromatic carbocycles. The molecular weight excluding hydrogens is 194 g/mol. The van der Waals surface area contributed by atoms with Crippen molar-refractivity contribution in [2.24, 2.45) is 0 Å². The first kappa shape index (κ1) is 11.4. The molecule has 15 heavy (non-hydrogen) atoms. The molecule has 1 rings (SSSR count). The number of phenolic OH excluding ortho intramolecular Hbond substituents is 2. The van der Waals surface area contributed by atoms with Gasteiger partial charge in [-0.2, -0.15) is 0 Å². The summed E-state index contributed by atoms with van der Waals surface area (Å²) in [6.07, 6.45) is 2.12. The van der Waals surface area contributed by atoms with Crippen molar-refractivity contribution < 1.29 is 15.0 Å². The van der Waals surface area contributed by atoms with Crippen LogP contribution in [0.2, 0.25) is 0 Å². The van der Waals surface area contributed by atoms with Crippen molar-refractivity contribution in [1.29, 1.82) is 0 Å². The normalized spacial score (nSPS) is 9.93. The monoisotopic (exact) mass is 209 g/mol. The molecule has 0 saturated heterocycles. The molecule has 0 saturated carbocycles. The van der Waals surface area contributed by atoms with Gasteiger partial charge in [-0.25, -0.2) is 0 Å². The number of para-hydroxylation sites is 1. The Hall–Kier alpha value is -1.71. The van der Waals surface area contributed by atoms with Crippen LogP contribution in [-0.2, 0) is 4.79 Å². The fourth-order valence-electron chi connectivity index (χ4n) is 1.20. The minimum absolute atomic E-state index is 0.0820. The van der Waals surface area contributed by atoms with E-state index < -0.39 is 0 Å². The molecule has 0 spiro atoms. The number of aromatic hydroxyl groups is 2. The van der Waals surface area contributed by atoms with E-state index in [0.717, 1.165) is 12.8 Å². The summed E-state index contributed by atoms with van der Waals surface area (Å²) in [4.78, 5) is 11.3.